The summed E-state index contributed by atoms with van der Waals surface area (Å²) < 4.78 is 13.9. The minimum Gasteiger partial charge on any atom is -0.206 e. The molecule has 0 N–H and O–H groups in total. The molecule has 0 saturated carbocycles. The van der Waals surface area contributed by atoms with Crippen molar-refractivity contribution in [3.05, 3.63) is 35.2 Å². The first-order valence-corrected chi connectivity index (χ1v) is 5.24. The Morgan fingerprint density at radius 2 is 2.21 bits per heavy atom. The molecule has 1 unspecified atom stereocenters. The molecule has 0 heterocycles. The fourth-order valence-electron chi connectivity index (χ4n) is 1.84. The molecule has 1 aliphatic carbocycles. The van der Waals surface area contributed by atoms with Gasteiger partial charge in [-0.25, -0.2) is 4.39 Å². The van der Waals surface area contributed by atoms with Crippen molar-refractivity contribution in [1.82, 2.24) is 0 Å². The molecule has 1 atom stereocenters. The van der Waals surface area contributed by atoms with Crippen molar-refractivity contribution in [2.45, 2.75) is 40.0 Å². The van der Waals surface area contributed by atoms with E-state index in [4.69, 9.17) is 0 Å². The molecule has 0 aromatic rings. The molecule has 0 spiro atoms. The van der Waals surface area contributed by atoms with Gasteiger partial charge in [-0.05, 0) is 50.2 Å². The zero-order valence-electron chi connectivity index (χ0n) is 9.36. The van der Waals surface area contributed by atoms with Crippen molar-refractivity contribution in [3.63, 3.8) is 0 Å². The lowest BCUT2D eigenvalue weighted by atomic mass is 9.84. The number of allylic oxidation sites excluding steroid dienone is 5. The molecule has 0 bridgehead atoms. The standard InChI is InChI=1S/C13H19F/c1-5-10(3)13(14)12-8-9(2)6-7-11(12)4/h5,9H,1,6-8H2,2-4H3. The number of hydrogen-bond acceptors (Lipinski definition) is 0. The number of hydrogen-bond donors (Lipinski definition) is 0. The van der Waals surface area contributed by atoms with E-state index in [2.05, 4.69) is 13.5 Å². The van der Waals surface area contributed by atoms with Crippen LogP contribution in [0.25, 0.3) is 0 Å². The van der Waals surface area contributed by atoms with E-state index in [-0.39, 0.29) is 5.83 Å². The van der Waals surface area contributed by atoms with E-state index in [0.29, 0.717) is 11.5 Å². The van der Waals surface area contributed by atoms with E-state index in [0.717, 1.165) is 18.4 Å². The molecule has 0 amide bonds. The molecule has 1 heteroatoms. The van der Waals surface area contributed by atoms with Crippen molar-refractivity contribution < 1.29 is 4.39 Å². The first-order valence-electron chi connectivity index (χ1n) is 5.24. The second kappa shape index (κ2) is 4.59. The van der Waals surface area contributed by atoms with E-state index in [1.54, 1.807) is 13.0 Å². The molecule has 0 radical (unpaired) electrons. The van der Waals surface area contributed by atoms with Crippen LogP contribution in [0.5, 0.6) is 0 Å². The zero-order valence-corrected chi connectivity index (χ0v) is 9.36. The highest BCUT2D eigenvalue weighted by atomic mass is 19.1. The van der Waals surface area contributed by atoms with Crippen molar-refractivity contribution in [2.24, 2.45) is 5.92 Å². The maximum atomic E-state index is 13.9. The second-order valence-corrected chi connectivity index (χ2v) is 4.31. The predicted molar refractivity (Wildman–Crippen MR) is 59.7 cm³/mol. The van der Waals surface area contributed by atoms with Crippen LogP contribution in [0.15, 0.2) is 35.2 Å². The minimum absolute atomic E-state index is 0.0518. The highest BCUT2D eigenvalue weighted by molar-refractivity contribution is 5.38. The van der Waals surface area contributed by atoms with Crippen LogP contribution in [-0.2, 0) is 0 Å². The Hall–Kier alpha value is -0.850. The molecule has 78 valence electrons. The largest absolute Gasteiger partial charge is 0.206 e. The SMILES string of the molecule is C=CC(C)=C(F)C1=C(C)CCC(C)C1. The van der Waals surface area contributed by atoms with Gasteiger partial charge in [-0.3, -0.25) is 0 Å². The Balaban J connectivity index is 3.01. The minimum atomic E-state index is -0.0518. The summed E-state index contributed by atoms with van der Waals surface area (Å²) in [5, 5.41) is 0. The molecule has 1 rings (SSSR count). The Labute approximate surface area is 86.2 Å². The van der Waals surface area contributed by atoms with Gasteiger partial charge in [0.05, 0.1) is 0 Å². The van der Waals surface area contributed by atoms with Crippen LogP contribution in [0.4, 0.5) is 4.39 Å². The fourth-order valence-corrected chi connectivity index (χ4v) is 1.84. The summed E-state index contributed by atoms with van der Waals surface area (Å²) >= 11 is 0. The van der Waals surface area contributed by atoms with Gasteiger partial charge in [0.2, 0.25) is 0 Å². The van der Waals surface area contributed by atoms with Gasteiger partial charge in [0.15, 0.2) is 0 Å². The number of rotatable bonds is 2. The monoisotopic (exact) mass is 194 g/mol. The fraction of sp³-hybridized carbons (Fsp3) is 0.538. The molecular weight excluding hydrogens is 175 g/mol. The third-order valence-corrected chi connectivity index (χ3v) is 3.00. The Morgan fingerprint density at radius 3 is 2.79 bits per heavy atom. The summed E-state index contributed by atoms with van der Waals surface area (Å²) in [6.07, 6.45) is 4.70. The maximum absolute atomic E-state index is 13.9. The van der Waals surface area contributed by atoms with Crippen LogP contribution in [0.2, 0.25) is 0 Å². The third kappa shape index (κ3) is 2.34. The quantitative estimate of drug-likeness (QED) is 0.565. The average Bonchev–Trinajstić information content (AvgIpc) is 2.19. The topological polar surface area (TPSA) is 0 Å². The average molecular weight is 194 g/mol. The predicted octanol–water partition coefficient (Wildman–Crippen LogP) is 4.55. The highest BCUT2D eigenvalue weighted by Crippen LogP contribution is 2.34. The van der Waals surface area contributed by atoms with Crippen LogP contribution in [0.3, 0.4) is 0 Å². The zero-order chi connectivity index (χ0) is 10.7. The summed E-state index contributed by atoms with van der Waals surface area (Å²) in [7, 11) is 0. The van der Waals surface area contributed by atoms with Crippen LogP contribution in [0, 0.1) is 5.92 Å². The molecule has 0 nitrogen and oxygen atoms in total. The van der Waals surface area contributed by atoms with Gasteiger partial charge in [-0.2, -0.15) is 0 Å². The molecule has 0 aromatic heterocycles. The van der Waals surface area contributed by atoms with E-state index in [9.17, 15) is 4.39 Å². The molecule has 0 aromatic carbocycles. The number of halogens is 1. The summed E-state index contributed by atoms with van der Waals surface area (Å²) in [6.45, 7) is 9.60. The van der Waals surface area contributed by atoms with Crippen LogP contribution < -0.4 is 0 Å². The third-order valence-electron chi connectivity index (χ3n) is 3.00. The molecule has 14 heavy (non-hydrogen) atoms. The first-order chi connectivity index (χ1) is 6.56. The van der Waals surface area contributed by atoms with Crippen molar-refractivity contribution >= 4 is 0 Å². The van der Waals surface area contributed by atoms with Crippen molar-refractivity contribution in [3.8, 4) is 0 Å². The van der Waals surface area contributed by atoms with Gasteiger partial charge in [-0.1, -0.05) is 25.2 Å². The lowest BCUT2D eigenvalue weighted by Crippen LogP contribution is -2.07. The van der Waals surface area contributed by atoms with Crippen molar-refractivity contribution in [1.29, 1.82) is 0 Å². The van der Waals surface area contributed by atoms with Gasteiger partial charge in [0, 0.05) is 0 Å². The van der Waals surface area contributed by atoms with Gasteiger partial charge >= 0.3 is 0 Å². The van der Waals surface area contributed by atoms with Gasteiger partial charge in [0.1, 0.15) is 5.83 Å². The summed E-state index contributed by atoms with van der Waals surface area (Å²) in [5.41, 5.74) is 2.79. The summed E-state index contributed by atoms with van der Waals surface area (Å²) in [6, 6.07) is 0. The molecule has 1 aliphatic rings. The smallest absolute Gasteiger partial charge is 0.129 e. The lowest BCUT2D eigenvalue weighted by Gasteiger charge is -2.22. The first kappa shape index (κ1) is 11.2. The van der Waals surface area contributed by atoms with Gasteiger partial charge in [-0.15, -0.1) is 0 Å². The second-order valence-electron chi connectivity index (χ2n) is 4.31. The van der Waals surface area contributed by atoms with Crippen molar-refractivity contribution in [2.75, 3.05) is 0 Å². The maximum Gasteiger partial charge on any atom is 0.129 e. The lowest BCUT2D eigenvalue weighted by molar-refractivity contribution is 0.479. The Kier molecular flexibility index (Phi) is 3.68. The summed E-state index contributed by atoms with van der Waals surface area (Å²) in [4.78, 5) is 0. The molecule has 0 saturated heterocycles. The van der Waals surface area contributed by atoms with E-state index >= 15 is 0 Å². The van der Waals surface area contributed by atoms with Gasteiger partial charge in [0.25, 0.3) is 0 Å². The van der Waals surface area contributed by atoms with E-state index in [1.165, 1.54) is 12.0 Å². The summed E-state index contributed by atoms with van der Waals surface area (Å²) in [5.74, 6) is 0.557. The Bertz CT molecular complexity index is 294. The molecule has 0 aliphatic heterocycles. The van der Waals surface area contributed by atoms with Crippen LogP contribution >= 0.6 is 0 Å². The van der Waals surface area contributed by atoms with E-state index in [1.807, 2.05) is 6.92 Å². The normalized spacial score (nSPS) is 24.7. The Morgan fingerprint density at radius 1 is 1.57 bits per heavy atom. The van der Waals surface area contributed by atoms with Crippen LogP contribution in [0.1, 0.15) is 40.0 Å². The molecular formula is C13H19F. The van der Waals surface area contributed by atoms with E-state index < -0.39 is 0 Å². The van der Waals surface area contributed by atoms with Gasteiger partial charge < -0.3 is 0 Å². The van der Waals surface area contributed by atoms with Crippen LogP contribution in [-0.4, -0.2) is 0 Å². The highest BCUT2D eigenvalue weighted by Gasteiger charge is 2.19. The molecule has 0 fully saturated rings.